The van der Waals surface area contributed by atoms with Crippen LogP contribution in [0, 0.1) is 0 Å². The predicted molar refractivity (Wildman–Crippen MR) is 352 cm³/mol. The zero-order valence-corrected chi connectivity index (χ0v) is 54.1. The molecule has 0 spiro atoms. The van der Waals surface area contributed by atoms with Gasteiger partial charge in [-0.2, -0.15) is 0 Å². The van der Waals surface area contributed by atoms with E-state index in [1.807, 2.05) is 0 Å². The number of unbranched alkanes of at least 4 members (excludes halogenated alkanes) is 51. The fourth-order valence-electron chi connectivity index (χ4n) is 11.4. The van der Waals surface area contributed by atoms with E-state index in [9.17, 15) is 19.8 Å². The van der Waals surface area contributed by atoms with Crippen LogP contribution in [0.3, 0.4) is 0 Å². The summed E-state index contributed by atoms with van der Waals surface area (Å²) < 4.78 is 5.49. The van der Waals surface area contributed by atoms with Crippen molar-refractivity contribution in [2.75, 3.05) is 13.2 Å². The van der Waals surface area contributed by atoms with Gasteiger partial charge in [0.2, 0.25) is 5.91 Å². The Balaban J connectivity index is 3.43. The van der Waals surface area contributed by atoms with Gasteiger partial charge in [0.05, 0.1) is 25.4 Å². The Hall–Kier alpha value is -1.92. The number of hydrogen-bond donors (Lipinski definition) is 3. The summed E-state index contributed by atoms with van der Waals surface area (Å²) in [6.45, 7) is 4.98. The van der Waals surface area contributed by atoms with Crippen molar-refractivity contribution in [2.24, 2.45) is 0 Å². The second-order valence-corrected chi connectivity index (χ2v) is 24.9. The van der Waals surface area contributed by atoms with E-state index in [0.29, 0.717) is 25.9 Å². The zero-order chi connectivity index (χ0) is 57.8. The highest BCUT2D eigenvalue weighted by atomic mass is 16.5. The summed E-state index contributed by atoms with van der Waals surface area (Å²) in [4.78, 5) is 24.6. The topological polar surface area (TPSA) is 95.9 Å². The van der Waals surface area contributed by atoms with Crippen molar-refractivity contribution < 1.29 is 24.5 Å². The molecule has 0 aromatic rings. The van der Waals surface area contributed by atoms with Gasteiger partial charge < -0.3 is 20.3 Å². The van der Waals surface area contributed by atoms with Gasteiger partial charge in [0.25, 0.3) is 0 Å². The van der Waals surface area contributed by atoms with Gasteiger partial charge in [-0.15, -0.1) is 0 Å². The molecule has 0 aromatic carbocycles. The van der Waals surface area contributed by atoms with Gasteiger partial charge in [0, 0.05) is 12.8 Å². The maximum absolute atomic E-state index is 12.5. The molecular weight excluding hydrogens is 983 g/mol. The molecule has 1 amide bonds. The van der Waals surface area contributed by atoms with E-state index < -0.39 is 12.1 Å². The molecule has 0 aliphatic heterocycles. The third-order valence-corrected chi connectivity index (χ3v) is 16.9. The lowest BCUT2D eigenvalue weighted by molar-refractivity contribution is -0.143. The Kier molecular flexibility index (Phi) is 67.9. The standard InChI is InChI=1S/C74H141NO5/c1-3-5-7-9-11-13-15-17-19-21-22-23-29-32-35-38-42-46-50-54-58-62-66-72(77)71(70-76)75-73(78)67-63-59-55-51-47-43-39-36-33-30-27-25-24-26-28-31-34-37-41-45-49-53-57-61-65-69-80-74(79)68-64-60-56-52-48-44-40-20-18-16-14-12-10-8-6-4-2/h20,25-28,40,71-72,76-77H,3-19,21-24,29-39,41-70H2,1-2H3,(H,75,78)/b27-25-,28-26-,40-20-. The molecule has 80 heavy (non-hydrogen) atoms. The van der Waals surface area contributed by atoms with Gasteiger partial charge in [-0.1, -0.05) is 339 Å². The van der Waals surface area contributed by atoms with Crippen molar-refractivity contribution in [3.05, 3.63) is 36.5 Å². The zero-order valence-electron chi connectivity index (χ0n) is 54.1. The summed E-state index contributed by atoms with van der Waals surface area (Å²) >= 11 is 0. The Morgan fingerprint density at radius 1 is 0.350 bits per heavy atom. The van der Waals surface area contributed by atoms with Crippen LogP contribution < -0.4 is 5.32 Å². The molecule has 2 unspecified atom stereocenters. The number of ether oxygens (including phenoxy) is 1. The number of carbonyl (C=O) groups excluding carboxylic acids is 2. The fraction of sp³-hybridized carbons (Fsp3) is 0.892. The van der Waals surface area contributed by atoms with Gasteiger partial charge in [-0.3, -0.25) is 9.59 Å². The first kappa shape index (κ1) is 78.1. The predicted octanol–water partition coefficient (Wildman–Crippen LogP) is 23.5. The van der Waals surface area contributed by atoms with Gasteiger partial charge in [0.15, 0.2) is 0 Å². The molecule has 0 aliphatic carbocycles. The van der Waals surface area contributed by atoms with Gasteiger partial charge in [-0.25, -0.2) is 0 Å². The summed E-state index contributed by atoms with van der Waals surface area (Å²) in [5.41, 5.74) is 0. The van der Waals surface area contributed by atoms with E-state index in [0.717, 1.165) is 51.4 Å². The van der Waals surface area contributed by atoms with Crippen molar-refractivity contribution in [3.63, 3.8) is 0 Å². The molecule has 0 heterocycles. The summed E-state index contributed by atoms with van der Waals surface area (Å²) in [6.07, 6.45) is 89.1. The highest BCUT2D eigenvalue weighted by molar-refractivity contribution is 5.76. The molecule has 0 bridgehead atoms. The third-order valence-electron chi connectivity index (χ3n) is 16.9. The third kappa shape index (κ3) is 65.2. The smallest absolute Gasteiger partial charge is 0.305 e. The molecule has 0 saturated carbocycles. The molecule has 0 fully saturated rings. The van der Waals surface area contributed by atoms with E-state index in [1.165, 1.54) is 315 Å². The average Bonchev–Trinajstić information content (AvgIpc) is 3.46. The molecule has 0 saturated heterocycles. The second-order valence-electron chi connectivity index (χ2n) is 24.9. The minimum atomic E-state index is -0.670. The first-order chi connectivity index (χ1) is 39.5. The van der Waals surface area contributed by atoms with Crippen molar-refractivity contribution >= 4 is 11.9 Å². The van der Waals surface area contributed by atoms with Crippen molar-refractivity contribution in [3.8, 4) is 0 Å². The second kappa shape index (κ2) is 69.6. The monoisotopic (exact) mass is 1120 g/mol. The number of aliphatic hydroxyl groups excluding tert-OH is 2. The van der Waals surface area contributed by atoms with Crippen LogP contribution in [0.2, 0.25) is 0 Å². The van der Waals surface area contributed by atoms with Crippen molar-refractivity contribution in [1.29, 1.82) is 0 Å². The average molecular weight is 1120 g/mol. The molecular formula is C74H141NO5. The maximum atomic E-state index is 12.5. The number of nitrogens with one attached hydrogen (secondary N) is 1. The molecule has 0 rings (SSSR count). The molecule has 3 N–H and O–H groups in total. The lowest BCUT2D eigenvalue weighted by atomic mass is 10.0. The van der Waals surface area contributed by atoms with Gasteiger partial charge in [0.1, 0.15) is 0 Å². The fourth-order valence-corrected chi connectivity index (χ4v) is 11.4. The Morgan fingerprint density at radius 2 is 0.625 bits per heavy atom. The Bertz CT molecular complexity index is 1300. The van der Waals surface area contributed by atoms with Crippen LogP contribution in [-0.4, -0.2) is 47.4 Å². The van der Waals surface area contributed by atoms with E-state index in [-0.39, 0.29) is 18.5 Å². The van der Waals surface area contributed by atoms with Crippen LogP contribution in [0.25, 0.3) is 0 Å². The first-order valence-corrected chi connectivity index (χ1v) is 36.2. The van der Waals surface area contributed by atoms with Crippen LogP contribution in [0.5, 0.6) is 0 Å². The largest absolute Gasteiger partial charge is 0.466 e. The van der Waals surface area contributed by atoms with Crippen molar-refractivity contribution in [1.82, 2.24) is 5.32 Å². The van der Waals surface area contributed by atoms with Crippen molar-refractivity contribution in [2.45, 2.75) is 411 Å². The van der Waals surface area contributed by atoms with Crippen LogP contribution >= 0.6 is 0 Å². The molecule has 2 atom stereocenters. The van der Waals surface area contributed by atoms with Crippen LogP contribution in [0.1, 0.15) is 399 Å². The van der Waals surface area contributed by atoms with Crippen LogP contribution in [-0.2, 0) is 14.3 Å². The van der Waals surface area contributed by atoms with E-state index in [2.05, 4.69) is 55.6 Å². The molecule has 0 aromatic heterocycles. The number of hydrogen-bond acceptors (Lipinski definition) is 5. The van der Waals surface area contributed by atoms with Gasteiger partial charge in [-0.05, 0) is 83.5 Å². The number of rotatable bonds is 68. The van der Waals surface area contributed by atoms with Gasteiger partial charge >= 0.3 is 5.97 Å². The van der Waals surface area contributed by atoms with E-state index >= 15 is 0 Å². The molecule has 6 heteroatoms. The maximum Gasteiger partial charge on any atom is 0.305 e. The summed E-state index contributed by atoms with van der Waals surface area (Å²) in [5, 5.41) is 23.4. The number of esters is 1. The van der Waals surface area contributed by atoms with E-state index in [4.69, 9.17) is 4.74 Å². The highest BCUT2D eigenvalue weighted by Gasteiger charge is 2.20. The number of allylic oxidation sites excluding steroid dienone is 6. The Morgan fingerprint density at radius 3 is 0.963 bits per heavy atom. The number of aliphatic hydroxyl groups is 2. The minimum absolute atomic E-state index is 0.00231. The first-order valence-electron chi connectivity index (χ1n) is 36.2. The van der Waals surface area contributed by atoms with Crippen LogP contribution in [0.4, 0.5) is 0 Å². The quantitative estimate of drug-likeness (QED) is 0.0320. The molecule has 0 aliphatic rings. The number of amides is 1. The van der Waals surface area contributed by atoms with E-state index in [1.54, 1.807) is 0 Å². The normalized spacial score (nSPS) is 12.7. The molecule has 0 radical (unpaired) electrons. The van der Waals surface area contributed by atoms with Crippen LogP contribution in [0.15, 0.2) is 36.5 Å². The summed E-state index contributed by atoms with van der Waals surface area (Å²) in [5.74, 6) is -0.0348. The SMILES string of the molecule is CCCCCCCCC/C=C\CCCCCCCC(=O)OCCCCCCCCCCC/C=C\C/C=C\CCCCCCCCCCCC(=O)NC(CO)C(O)CCCCCCCCCCCCCCCCCCCCCCCC. The summed E-state index contributed by atoms with van der Waals surface area (Å²) in [7, 11) is 0. The Labute approximate surface area is 500 Å². The molecule has 472 valence electrons. The minimum Gasteiger partial charge on any atom is -0.466 e. The summed E-state index contributed by atoms with van der Waals surface area (Å²) in [6, 6.07) is -0.548. The lowest BCUT2D eigenvalue weighted by Crippen LogP contribution is -2.45. The highest BCUT2D eigenvalue weighted by Crippen LogP contribution is 2.19. The number of carbonyl (C=O) groups is 2. The molecule has 6 nitrogen and oxygen atoms in total. The lowest BCUT2D eigenvalue weighted by Gasteiger charge is -2.22.